The Morgan fingerprint density at radius 3 is 2.82 bits per heavy atom. The topological polar surface area (TPSA) is 12.0 Å². The molecule has 1 aliphatic carbocycles. The van der Waals surface area contributed by atoms with Gasteiger partial charge < -0.3 is 5.32 Å². The zero-order valence-corrected chi connectivity index (χ0v) is 12.2. The van der Waals surface area contributed by atoms with E-state index < -0.39 is 0 Å². The van der Waals surface area contributed by atoms with Gasteiger partial charge in [0.15, 0.2) is 0 Å². The van der Waals surface area contributed by atoms with Crippen molar-refractivity contribution in [3.63, 3.8) is 0 Å². The van der Waals surface area contributed by atoms with Gasteiger partial charge in [-0.1, -0.05) is 54.2 Å². The number of hydrogen-bond acceptors (Lipinski definition) is 1. The van der Waals surface area contributed by atoms with Gasteiger partial charge >= 0.3 is 0 Å². The highest BCUT2D eigenvalue weighted by Gasteiger charge is 2.22. The lowest BCUT2D eigenvalue weighted by molar-refractivity contribution is 0.261. The minimum absolute atomic E-state index is 0.540. The molecule has 1 unspecified atom stereocenters. The maximum Gasteiger partial charge on any atom is 0.0323 e. The normalized spacial score (nSPS) is 17.8. The molecule has 1 aromatic carbocycles. The molecule has 0 radical (unpaired) electrons. The van der Waals surface area contributed by atoms with Crippen molar-refractivity contribution in [1.29, 1.82) is 0 Å². The number of rotatable bonds is 6. The maximum absolute atomic E-state index is 3.69. The Morgan fingerprint density at radius 1 is 1.41 bits per heavy atom. The van der Waals surface area contributed by atoms with E-state index in [0.717, 1.165) is 12.5 Å². The van der Waals surface area contributed by atoms with Gasteiger partial charge in [-0.3, -0.25) is 0 Å². The minimum Gasteiger partial charge on any atom is -0.310 e. The fourth-order valence-electron chi connectivity index (χ4n) is 2.44. The largest absolute Gasteiger partial charge is 0.310 e. The Bertz CT molecular complexity index is 347. The Hall–Kier alpha value is -0.340. The van der Waals surface area contributed by atoms with Gasteiger partial charge in [0.25, 0.3) is 0 Å². The van der Waals surface area contributed by atoms with Crippen LogP contribution in [0.3, 0.4) is 0 Å². The van der Waals surface area contributed by atoms with Crippen molar-refractivity contribution < 1.29 is 0 Å². The van der Waals surface area contributed by atoms with Crippen LogP contribution >= 0.6 is 15.9 Å². The first-order valence-corrected chi connectivity index (χ1v) is 7.57. The summed E-state index contributed by atoms with van der Waals surface area (Å²) >= 11 is 3.57. The molecule has 2 heteroatoms. The minimum atomic E-state index is 0.540. The van der Waals surface area contributed by atoms with Crippen LogP contribution in [0.2, 0.25) is 0 Å². The lowest BCUT2D eigenvalue weighted by Crippen LogP contribution is -2.26. The first-order chi connectivity index (χ1) is 8.29. The maximum atomic E-state index is 3.69. The van der Waals surface area contributed by atoms with Gasteiger partial charge in [-0.2, -0.15) is 0 Å². The zero-order chi connectivity index (χ0) is 12.1. The molecule has 1 atom stereocenters. The van der Waals surface area contributed by atoms with Crippen LogP contribution in [0.5, 0.6) is 0 Å². The SMILES string of the molecule is CCCNC(CC1CCC1)c1cccc(Br)c1. The Labute approximate surface area is 113 Å². The van der Waals surface area contributed by atoms with Crippen molar-refractivity contribution in [3.05, 3.63) is 34.3 Å². The van der Waals surface area contributed by atoms with Crippen LogP contribution in [0.15, 0.2) is 28.7 Å². The second-order valence-corrected chi connectivity index (χ2v) is 6.01. The van der Waals surface area contributed by atoms with Crippen LogP contribution in [0.25, 0.3) is 0 Å². The smallest absolute Gasteiger partial charge is 0.0323 e. The van der Waals surface area contributed by atoms with E-state index in [-0.39, 0.29) is 0 Å². The molecule has 1 saturated carbocycles. The third-order valence-corrected chi connectivity index (χ3v) is 4.18. The third kappa shape index (κ3) is 3.82. The molecular weight excluding hydrogens is 274 g/mol. The van der Waals surface area contributed by atoms with Crippen LogP contribution in [-0.4, -0.2) is 6.54 Å². The molecular formula is C15H22BrN. The summed E-state index contributed by atoms with van der Waals surface area (Å²) in [6.07, 6.45) is 6.80. The lowest BCUT2D eigenvalue weighted by atomic mass is 9.79. The van der Waals surface area contributed by atoms with Crippen LogP contribution in [0, 0.1) is 5.92 Å². The summed E-state index contributed by atoms with van der Waals surface area (Å²) in [4.78, 5) is 0. The molecule has 0 aromatic heterocycles. The molecule has 1 aromatic rings. The molecule has 2 rings (SSSR count). The lowest BCUT2D eigenvalue weighted by Gasteiger charge is -2.30. The van der Waals surface area contributed by atoms with Crippen molar-refractivity contribution in [1.82, 2.24) is 5.32 Å². The quantitative estimate of drug-likeness (QED) is 0.803. The molecule has 0 aliphatic heterocycles. The number of nitrogens with one attached hydrogen (secondary N) is 1. The fourth-order valence-corrected chi connectivity index (χ4v) is 2.86. The molecule has 94 valence electrons. The molecule has 1 nitrogen and oxygen atoms in total. The number of benzene rings is 1. The Kier molecular flexibility index (Phi) is 5.05. The van der Waals surface area contributed by atoms with Crippen molar-refractivity contribution in [2.24, 2.45) is 5.92 Å². The first-order valence-electron chi connectivity index (χ1n) is 6.78. The predicted octanol–water partition coefficient (Wildman–Crippen LogP) is 4.68. The van der Waals surface area contributed by atoms with Gasteiger partial charge in [0.05, 0.1) is 0 Å². The summed E-state index contributed by atoms with van der Waals surface area (Å²) < 4.78 is 1.19. The molecule has 0 bridgehead atoms. The van der Waals surface area contributed by atoms with Gasteiger partial charge in [-0.05, 0) is 43.0 Å². The Morgan fingerprint density at radius 2 is 2.24 bits per heavy atom. The highest BCUT2D eigenvalue weighted by molar-refractivity contribution is 9.10. The second kappa shape index (κ2) is 6.55. The summed E-state index contributed by atoms with van der Waals surface area (Å²) in [7, 11) is 0. The van der Waals surface area contributed by atoms with Gasteiger partial charge in [0.2, 0.25) is 0 Å². The van der Waals surface area contributed by atoms with Crippen molar-refractivity contribution in [2.45, 2.75) is 45.1 Å². The summed E-state index contributed by atoms with van der Waals surface area (Å²) in [5.41, 5.74) is 1.43. The molecule has 0 amide bonds. The third-order valence-electron chi connectivity index (χ3n) is 3.69. The average Bonchev–Trinajstić information content (AvgIpc) is 2.27. The van der Waals surface area contributed by atoms with Crippen molar-refractivity contribution in [3.8, 4) is 0 Å². The highest BCUT2D eigenvalue weighted by Crippen LogP contribution is 2.35. The van der Waals surface area contributed by atoms with Gasteiger partial charge in [-0.15, -0.1) is 0 Å². The van der Waals surface area contributed by atoms with Gasteiger partial charge in [0, 0.05) is 10.5 Å². The van der Waals surface area contributed by atoms with E-state index in [9.17, 15) is 0 Å². The van der Waals surface area contributed by atoms with Gasteiger partial charge in [0.1, 0.15) is 0 Å². The van der Waals surface area contributed by atoms with Gasteiger partial charge in [-0.25, -0.2) is 0 Å². The van der Waals surface area contributed by atoms with E-state index >= 15 is 0 Å². The van der Waals surface area contributed by atoms with Crippen molar-refractivity contribution in [2.75, 3.05) is 6.54 Å². The standard InChI is InChI=1S/C15H22BrN/c1-2-9-17-15(10-12-5-3-6-12)13-7-4-8-14(16)11-13/h4,7-8,11-12,15,17H,2-3,5-6,9-10H2,1H3. The second-order valence-electron chi connectivity index (χ2n) is 5.09. The molecule has 1 aliphatic rings. The highest BCUT2D eigenvalue weighted by atomic mass is 79.9. The monoisotopic (exact) mass is 295 g/mol. The van der Waals surface area contributed by atoms with E-state index in [1.165, 1.54) is 42.1 Å². The summed E-state index contributed by atoms with van der Waals surface area (Å²) in [6, 6.07) is 9.28. The molecule has 1 fully saturated rings. The van der Waals surface area contributed by atoms with Crippen LogP contribution < -0.4 is 5.32 Å². The van der Waals surface area contributed by atoms with E-state index in [1.54, 1.807) is 0 Å². The predicted molar refractivity (Wildman–Crippen MR) is 77.1 cm³/mol. The molecule has 1 N–H and O–H groups in total. The Balaban J connectivity index is 2.02. The molecule has 0 heterocycles. The van der Waals surface area contributed by atoms with Crippen LogP contribution in [-0.2, 0) is 0 Å². The summed E-state index contributed by atoms with van der Waals surface area (Å²) in [6.45, 7) is 3.35. The zero-order valence-electron chi connectivity index (χ0n) is 10.6. The van der Waals surface area contributed by atoms with E-state index in [0.29, 0.717) is 6.04 Å². The number of halogens is 1. The van der Waals surface area contributed by atoms with E-state index in [1.807, 2.05) is 0 Å². The van der Waals surface area contributed by atoms with Crippen LogP contribution in [0.4, 0.5) is 0 Å². The molecule has 0 spiro atoms. The van der Waals surface area contributed by atoms with E-state index in [2.05, 4.69) is 52.4 Å². The fraction of sp³-hybridized carbons (Fsp3) is 0.600. The first kappa shape index (κ1) is 13.1. The molecule has 17 heavy (non-hydrogen) atoms. The van der Waals surface area contributed by atoms with E-state index in [4.69, 9.17) is 0 Å². The van der Waals surface area contributed by atoms with Crippen molar-refractivity contribution >= 4 is 15.9 Å². The summed E-state index contributed by atoms with van der Waals surface area (Å²) in [5, 5.41) is 3.69. The molecule has 0 saturated heterocycles. The van der Waals surface area contributed by atoms with Crippen LogP contribution in [0.1, 0.15) is 50.6 Å². The number of hydrogen-bond donors (Lipinski definition) is 1. The summed E-state index contributed by atoms with van der Waals surface area (Å²) in [5.74, 6) is 0.948. The average molecular weight is 296 g/mol.